The lowest BCUT2D eigenvalue weighted by molar-refractivity contribution is -0.129. The van der Waals surface area contributed by atoms with E-state index in [0.29, 0.717) is 18.1 Å². The van der Waals surface area contributed by atoms with E-state index in [-0.39, 0.29) is 29.2 Å². The summed E-state index contributed by atoms with van der Waals surface area (Å²) < 4.78 is 22.7. The van der Waals surface area contributed by atoms with Crippen LogP contribution in [0.1, 0.15) is 30.5 Å². The van der Waals surface area contributed by atoms with Crippen molar-refractivity contribution in [1.82, 2.24) is 10.2 Å². The predicted octanol–water partition coefficient (Wildman–Crippen LogP) is 2.21. The van der Waals surface area contributed by atoms with E-state index >= 15 is 0 Å². The lowest BCUT2D eigenvalue weighted by Crippen LogP contribution is -2.34. The average molecular weight is 436 g/mol. The van der Waals surface area contributed by atoms with Crippen molar-refractivity contribution in [1.29, 1.82) is 0 Å². The highest BCUT2D eigenvalue weighted by Crippen LogP contribution is 2.24. The highest BCUT2D eigenvalue weighted by molar-refractivity contribution is 7.89. The molecular weight excluding hydrogens is 414 g/mol. The van der Waals surface area contributed by atoms with Crippen LogP contribution in [0.15, 0.2) is 53.4 Å². The van der Waals surface area contributed by atoms with Crippen LogP contribution in [-0.4, -0.2) is 31.7 Å². The van der Waals surface area contributed by atoms with E-state index in [1.807, 2.05) is 18.2 Å². The van der Waals surface area contributed by atoms with Gasteiger partial charge in [0.15, 0.2) is 0 Å². The standard InChI is InChI=1S/C20H22ClN3O4S/c1-13(14-6-8-17(9-7-14)29(22,27)28)23-20(26)16-10-19(25)24(12-16)11-15-4-2-3-5-18(15)21/h2-9,13,16H,10-12H2,1H3,(H,23,26)(H2,22,27,28)/t13-,16-/m0/s1. The lowest BCUT2D eigenvalue weighted by Gasteiger charge is -2.19. The molecule has 1 saturated heterocycles. The third kappa shape index (κ3) is 5.14. The molecule has 0 aliphatic carbocycles. The Kier molecular flexibility index (Phi) is 6.26. The number of carbonyl (C=O) groups is 2. The summed E-state index contributed by atoms with van der Waals surface area (Å²) >= 11 is 6.16. The van der Waals surface area contributed by atoms with Gasteiger partial charge in [-0.25, -0.2) is 13.6 Å². The summed E-state index contributed by atoms with van der Waals surface area (Å²) in [7, 11) is -3.76. The molecule has 0 spiro atoms. The van der Waals surface area contributed by atoms with Crippen molar-refractivity contribution in [3.8, 4) is 0 Å². The van der Waals surface area contributed by atoms with Gasteiger partial charge in [0.25, 0.3) is 0 Å². The van der Waals surface area contributed by atoms with E-state index in [1.54, 1.807) is 30.0 Å². The number of primary sulfonamides is 1. The maximum atomic E-state index is 12.6. The molecule has 2 amide bonds. The largest absolute Gasteiger partial charge is 0.349 e. The van der Waals surface area contributed by atoms with E-state index in [2.05, 4.69) is 5.32 Å². The van der Waals surface area contributed by atoms with Crippen LogP contribution in [0.25, 0.3) is 0 Å². The molecule has 0 bridgehead atoms. The van der Waals surface area contributed by atoms with E-state index in [9.17, 15) is 18.0 Å². The number of nitrogens with zero attached hydrogens (tertiary/aromatic N) is 1. The number of rotatable bonds is 6. The molecule has 154 valence electrons. The summed E-state index contributed by atoms with van der Waals surface area (Å²) in [6.45, 7) is 2.49. The summed E-state index contributed by atoms with van der Waals surface area (Å²) in [4.78, 5) is 26.6. The van der Waals surface area contributed by atoms with Crippen LogP contribution in [0.3, 0.4) is 0 Å². The summed E-state index contributed by atoms with van der Waals surface area (Å²) in [6.07, 6.45) is 0.146. The Labute approximate surface area is 174 Å². The minimum atomic E-state index is -3.76. The van der Waals surface area contributed by atoms with Gasteiger partial charge in [-0.2, -0.15) is 0 Å². The number of halogens is 1. The molecule has 3 rings (SSSR count). The number of nitrogens with two attached hydrogens (primary N) is 1. The van der Waals surface area contributed by atoms with Crippen molar-refractivity contribution in [2.75, 3.05) is 6.54 Å². The van der Waals surface area contributed by atoms with Gasteiger partial charge in [0.2, 0.25) is 21.8 Å². The summed E-state index contributed by atoms with van der Waals surface area (Å²) in [5.74, 6) is -0.755. The minimum Gasteiger partial charge on any atom is -0.349 e. The molecule has 1 aliphatic rings. The van der Waals surface area contributed by atoms with Gasteiger partial charge in [0.1, 0.15) is 0 Å². The predicted molar refractivity (Wildman–Crippen MR) is 109 cm³/mol. The monoisotopic (exact) mass is 435 g/mol. The first-order chi connectivity index (χ1) is 13.6. The second kappa shape index (κ2) is 8.52. The summed E-state index contributed by atoms with van der Waals surface area (Å²) in [5.41, 5.74) is 1.58. The van der Waals surface area contributed by atoms with E-state index in [1.165, 1.54) is 12.1 Å². The van der Waals surface area contributed by atoms with E-state index in [4.69, 9.17) is 16.7 Å². The minimum absolute atomic E-state index is 0.0105. The van der Waals surface area contributed by atoms with Gasteiger partial charge in [-0.1, -0.05) is 41.9 Å². The smallest absolute Gasteiger partial charge is 0.238 e. The van der Waals surface area contributed by atoms with Crippen LogP contribution in [0, 0.1) is 5.92 Å². The SMILES string of the molecule is C[C@H](NC(=O)[C@H]1CC(=O)N(Cc2ccccc2Cl)C1)c1ccc(S(N)(=O)=O)cc1. The van der Waals surface area contributed by atoms with Crippen molar-refractivity contribution in [2.45, 2.75) is 30.8 Å². The number of hydrogen-bond acceptors (Lipinski definition) is 4. The van der Waals surface area contributed by atoms with Gasteiger partial charge in [-0.3, -0.25) is 9.59 Å². The van der Waals surface area contributed by atoms with Crippen molar-refractivity contribution in [3.63, 3.8) is 0 Å². The maximum Gasteiger partial charge on any atom is 0.238 e. The average Bonchev–Trinajstić information content (AvgIpc) is 3.03. The van der Waals surface area contributed by atoms with Crippen molar-refractivity contribution >= 4 is 33.4 Å². The number of benzene rings is 2. The number of hydrogen-bond donors (Lipinski definition) is 2. The second-order valence-electron chi connectivity index (χ2n) is 7.11. The fraction of sp³-hybridized carbons (Fsp3) is 0.300. The molecule has 7 nitrogen and oxygen atoms in total. The van der Waals surface area contributed by atoms with Gasteiger partial charge in [0.05, 0.1) is 16.9 Å². The van der Waals surface area contributed by atoms with Gasteiger partial charge in [-0.15, -0.1) is 0 Å². The number of nitrogens with one attached hydrogen (secondary N) is 1. The zero-order valence-electron chi connectivity index (χ0n) is 15.8. The quantitative estimate of drug-likeness (QED) is 0.724. The Balaban J connectivity index is 1.61. The molecule has 1 fully saturated rings. The third-order valence-electron chi connectivity index (χ3n) is 4.97. The van der Waals surface area contributed by atoms with Crippen LogP contribution in [0.4, 0.5) is 0 Å². The molecular formula is C20H22ClN3O4S. The molecule has 0 radical (unpaired) electrons. The molecule has 1 heterocycles. The molecule has 0 aromatic heterocycles. The number of sulfonamides is 1. The van der Waals surface area contributed by atoms with Crippen molar-refractivity contribution in [2.24, 2.45) is 11.1 Å². The highest BCUT2D eigenvalue weighted by Gasteiger charge is 2.35. The normalized spacial score (nSPS) is 18.0. The zero-order chi connectivity index (χ0) is 21.2. The Hall–Kier alpha value is -2.42. The number of amides is 2. The molecule has 0 unspecified atom stereocenters. The van der Waals surface area contributed by atoms with Gasteiger partial charge < -0.3 is 10.2 Å². The van der Waals surface area contributed by atoms with Crippen LogP contribution < -0.4 is 10.5 Å². The summed E-state index contributed by atoms with van der Waals surface area (Å²) in [5, 5.41) is 8.57. The molecule has 9 heteroatoms. The first kappa shape index (κ1) is 21.3. The Morgan fingerprint density at radius 3 is 2.52 bits per heavy atom. The van der Waals surface area contributed by atoms with Crippen molar-refractivity contribution in [3.05, 3.63) is 64.7 Å². The third-order valence-corrected chi connectivity index (χ3v) is 6.27. The Morgan fingerprint density at radius 1 is 1.24 bits per heavy atom. The fourth-order valence-electron chi connectivity index (χ4n) is 3.29. The van der Waals surface area contributed by atoms with Crippen LogP contribution in [0.5, 0.6) is 0 Å². The van der Waals surface area contributed by atoms with E-state index < -0.39 is 15.9 Å². The molecule has 1 aliphatic heterocycles. The number of carbonyl (C=O) groups excluding carboxylic acids is 2. The van der Waals surface area contributed by atoms with Crippen LogP contribution >= 0.6 is 11.6 Å². The summed E-state index contributed by atoms with van der Waals surface area (Å²) in [6, 6.07) is 13.0. The maximum absolute atomic E-state index is 12.6. The molecule has 2 aromatic rings. The number of likely N-dealkylation sites (tertiary alicyclic amines) is 1. The lowest BCUT2D eigenvalue weighted by atomic mass is 10.1. The zero-order valence-corrected chi connectivity index (χ0v) is 17.4. The second-order valence-corrected chi connectivity index (χ2v) is 9.08. The Bertz CT molecular complexity index is 1020. The fourth-order valence-corrected chi connectivity index (χ4v) is 4.00. The van der Waals surface area contributed by atoms with E-state index in [0.717, 1.165) is 11.1 Å². The Morgan fingerprint density at radius 2 is 1.90 bits per heavy atom. The molecule has 2 atom stereocenters. The van der Waals surface area contributed by atoms with Crippen LogP contribution in [0.2, 0.25) is 5.02 Å². The molecule has 0 saturated carbocycles. The van der Waals surface area contributed by atoms with Gasteiger partial charge >= 0.3 is 0 Å². The molecule has 29 heavy (non-hydrogen) atoms. The van der Waals surface area contributed by atoms with Crippen molar-refractivity contribution < 1.29 is 18.0 Å². The topological polar surface area (TPSA) is 110 Å². The van der Waals surface area contributed by atoms with Gasteiger partial charge in [0, 0.05) is 24.5 Å². The van der Waals surface area contributed by atoms with Gasteiger partial charge in [-0.05, 0) is 36.2 Å². The molecule has 3 N–H and O–H groups in total. The van der Waals surface area contributed by atoms with Crippen LogP contribution in [-0.2, 0) is 26.2 Å². The molecule has 2 aromatic carbocycles. The first-order valence-corrected chi connectivity index (χ1v) is 11.0. The first-order valence-electron chi connectivity index (χ1n) is 9.09. The highest BCUT2D eigenvalue weighted by atomic mass is 35.5.